The van der Waals surface area contributed by atoms with Gasteiger partial charge in [0.05, 0.1) is 16.7 Å². The van der Waals surface area contributed by atoms with Crippen molar-refractivity contribution in [2.75, 3.05) is 11.1 Å². The van der Waals surface area contributed by atoms with E-state index in [0.29, 0.717) is 5.82 Å². The molecular formula is C18H15FN4S. The highest BCUT2D eigenvalue weighted by Crippen LogP contribution is 2.31. The molecule has 0 amide bonds. The predicted molar refractivity (Wildman–Crippen MR) is 97.5 cm³/mol. The molecule has 120 valence electrons. The number of H-pyrrole nitrogens is 1. The van der Waals surface area contributed by atoms with E-state index in [1.165, 1.54) is 17.0 Å². The first-order valence-electron chi connectivity index (χ1n) is 7.67. The Labute approximate surface area is 142 Å². The second-order valence-electron chi connectivity index (χ2n) is 5.36. The third-order valence-electron chi connectivity index (χ3n) is 3.80. The van der Waals surface area contributed by atoms with Crippen LogP contribution in [0, 0.1) is 5.82 Å². The predicted octanol–water partition coefficient (Wildman–Crippen LogP) is 5.11. The summed E-state index contributed by atoms with van der Waals surface area (Å²) < 4.78 is 13.5. The van der Waals surface area contributed by atoms with E-state index in [1.54, 1.807) is 24.0 Å². The van der Waals surface area contributed by atoms with Gasteiger partial charge >= 0.3 is 0 Å². The molecule has 0 spiro atoms. The van der Waals surface area contributed by atoms with Gasteiger partial charge in [-0.1, -0.05) is 6.92 Å². The smallest absolute Gasteiger partial charge is 0.160 e. The van der Waals surface area contributed by atoms with Crippen molar-refractivity contribution in [3.05, 3.63) is 54.5 Å². The molecule has 0 bridgehead atoms. The summed E-state index contributed by atoms with van der Waals surface area (Å²) in [4.78, 5) is 5.60. The summed E-state index contributed by atoms with van der Waals surface area (Å²) >= 11 is 1.78. The van der Waals surface area contributed by atoms with Crippen molar-refractivity contribution in [2.24, 2.45) is 0 Å². The summed E-state index contributed by atoms with van der Waals surface area (Å²) in [6.45, 7) is 2.13. The van der Waals surface area contributed by atoms with Crippen LogP contribution in [0.3, 0.4) is 0 Å². The zero-order valence-electron chi connectivity index (χ0n) is 13.0. The lowest BCUT2D eigenvalue weighted by Crippen LogP contribution is -1.94. The van der Waals surface area contributed by atoms with Gasteiger partial charge in [-0.25, -0.2) is 4.39 Å². The molecule has 0 atom stereocenters. The number of thioether (sulfide) groups is 1. The molecule has 6 heteroatoms. The standard InChI is InChI=1S/C18H15FN4S/c1-2-24-12-4-6-15-13(10-12)16(7-8-20-15)21-18-14-9-11(19)3-5-17(14)22-23-18/h3-10H,2H2,1H3,(H2,20,21,22,23). The average molecular weight is 338 g/mol. The fourth-order valence-electron chi connectivity index (χ4n) is 2.70. The molecule has 0 unspecified atom stereocenters. The van der Waals surface area contributed by atoms with Gasteiger partial charge in [-0.3, -0.25) is 10.1 Å². The molecule has 0 aliphatic carbocycles. The lowest BCUT2D eigenvalue weighted by Gasteiger charge is -2.09. The topological polar surface area (TPSA) is 53.6 Å². The van der Waals surface area contributed by atoms with E-state index in [-0.39, 0.29) is 5.82 Å². The van der Waals surface area contributed by atoms with E-state index in [2.05, 4.69) is 39.6 Å². The molecule has 0 saturated heterocycles. The van der Waals surface area contributed by atoms with Crippen molar-refractivity contribution in [3.8, 4) is 0 Å². The minimum Gasteiger partial charge on any atom is -0.338 e. The normalized spacial score (nSPS) is 11.2. The van der Waals surface area contributed by atoms with Gasteiger partial charge in [-0.05, 0) is 48.2 Å². The van der Waals surface area contributed by atoms with Crippen molar-refractivity contribution in [1.82, 2.24) is 15.2 Å². The molecule has 24 heavy (non-hydrogen) atoms. The highest BCUT2D eigenvalue weighted by atomic mass is 32.2. The molecule has 4 nitrogen and oxygen atoms in total. The van der Waals surface area contributed by atoms with Crippen molar-refractivity contribution in [2.45, 2.75) is 11.8 Å². The number of nitrogens with zero attached hydrogens (tertiary/aromatic N) is 2. The molecule has 0 aliphatic rings. The van der Waals surface area contributed by atoms with E-state index in [1.807, 2.05) is 12.1 Å². The molecule has 0 saturated carbocycles. The maximum atomic E-state index is 13.5. The first-order valence-corrected chi connectivity index (χ1v) is 8.65. The number of aromatic nitrogens is 3. The lowest BCUT2D eigenvalue weighted by atomic mass is 10.2. The van der Waals surface area contributed by atoms with Crippen LogP contribution >= 0.6 is 11.8 Å². The van der Waals surface area contributed by atoms with E-state index in [0.717, 1.165) is 33.2 Å². The minimum atomic E-state index is -0.284. The van der Waals surface area contributed by atoms with Crippen molar-refractivity contribution in [1.29, 1.82) is 0 Å². The zero-order chi connectivity index (χ0) is 16.5. The molecule has 2 N–H and O–H groups in total. The number of hydrogen-bond donors (Lipinski definition) is 2. The van der Waals surface area contributed by atoms with Crippen molar-refractivity contribution >= 4 is 45.1 Å². The fraction of sp³-hybridized carbons (Fsp3) is 0.111. The van der Waals surface area contributed by atoms with Crippen molar-refractivity contribution in [3.63, 3.8) is 0 Å². The second-order valence-corrected chi connectivity index (χ2v) is 6.70. The highest BCUT2D eigenvalue weighted by molar-refractivity contribution is 7.99. The third-order valence-corrected chi connectivity index (χ3v) is 4.68. The Bertz CT molecular complexity index is 1030. The van der Waals surface area contributed by atoms with Crippen LogP contribution in [0.5, 0.6) is 0 Å². The quantitative estimate of drug-likeness (QED) is 0.508. The Morgan fingerprint density at radius 1 is 1.12 bits per heavy atom. The maximum absolute atomic E-state index is 13.5. The van der Waals surface area contributed by atoms with Gasteiger partial charge in [0.1, 0.15) is 5.82 Å². The molecular weight excluding hydrogens is 323 g/mol. The average Bonchev–Trinajstić information content (AvgIpc) is 2.98. The van der Waals surface area contributed by atoms with Gasteiger partial charge < -0.3 is 5.32 Å². The Balaban J connectivity index is 1.80. The largest absolute Gasteiger partial charge is 0.338 e. The van der Waals surface area contributed by atoms with Crippen LogP contribution in [0.15, 0.2) is 53.6 Å². The molecule has 2 heterocycles. The Morgan fingerprint density at radius 2 is 2.04 bits per heavy atom. The molecule has 0 fully saturated rings. The summed E-state index contributed by atoms with van der Waals surface area (Å²) in [5.41, 5.74) is 2.60. The SMILES string of the molecule is CCSc1ccc2nccc(Nc3n[nH]c4ccc(F)cc34)c2c1. The summed E-state index contributed by atoms with van der Waals surface area (Å²) in [5.74, 6) is 1.33. The number of nitrogens with one attached hydrogen (secondary N) is 2. The number of aromatic amines is 1. The van der Waals surface area contributed by atoms with Gasteiger partial charge in [-0.15, -0.1) is 11.8 Å². The van der Waals surface area contributed by atoms with Crippen LogP contribution in [-0.4, -0.2) is 20.9 Å². The summed E-state index contributed by atoms with van der Waals surface area (Å²) in [7, 11) is 0. The number of hydrogen-bond acceptors (Lipinski definition) is 4. The highest BCUT2D eigenvalue weighted by Gasteiger charge is 2.10. The monoisotopic (exact) mass is 338 g/mol. The third kappa shape index (κ3) is 2.69. The van der Waals surface area contributed by atoms with Crippen molar-refractivity contribution < 1.29 is 4.39 Å². The summed E-state index contributed by atoms with van der Waals surface area (Å²) in [6.07, 6.45) is 1.76. The number of benzene rings is 2. The molecule has 4 aromatic rings. The number of halogens is 1. The van der Waals surface area contributed by atoms with Gasteiger partial charge in [0.2, 0.25) is 0 Å². The van der Waals surface area contributed by atoms with Crippen LogP contribution in [0.1, 0.15) is 6.92 Å². The van der Waals surface area contributed by atoms with Crippen LogP contribution in [0.2, 0.25) is 0 Å². The Morgan fingerprint density at radius 3 is 2.92 bits per heavy atom. The summed E-state index contributed by atoms with van der Waals surface area (Å²) in [5, 5.41) is 12.2. The van der Waals surface area contributed by atoms with Crippen LogP contribution < -0.4 is 5.32 Å². The molecule has 0 aliphatic heterocycles. The van der Waals surface area contributed by atoms with Gasteiger partial charge in [0.15, 0.2) is 5.82 Å². The zero-order valence-corrected chi connectivity index (χ0v) is 13.8. The number of anilines is 2. The first-order chi connectivity index (χ1) is 11.7. The van der Waals surface area contributed by atoms with E-state index >= 15 is 0 Å². The molecule has 2 aromatic carbocycles. The molecule has 0 radical (unpaired) electrons. The van der Waals surface area contributed by atoms with Crippen LogP contribution in [-0.2, 0) is 0 Å². The number of rotatable bonds is 4. The number of fused-ring (bicyclic) bond motifs is 2. The molecule has 4 rings (SSSR count). The summed E-state index contributed by atoms with van der Waals surface area (Å²) in [6, 6.07) is 12.7. The maximum Gasteiger partial charge on any atom is 0.160 e. The van der Waals surface area contributed by atoms with Crippen LogP contribution in [0.25, 0.3) is 21.8 Å². The van der Waals surface area contributed by atoms with Gasteiger partial charge in [-0.2, -0.15) is 5.10 Å². The minimum absolute atomic E-state index is 0.284. The van der Waals surface area contributed by atoms with Gasteiger partial charge in [0, 0.05) is 21.9 Å². The Kier molecular flexibility index (Phi) is 3.82. The Hall–Kier alpha value is -2.60. The number of pyridine rings is 1. The second kappa shape index (κ2) is 6.13. The lowest BCUT2D eigenvalue weighted by molar-refractivity contribution is 0.630. The van der Waals surface area contributed by atoms with Gasteiger partial charge in [0.25, 0.3) is 0 Å². The van der Waals surface area contributed by atoms with E-state index < -0.39 is 0 Å². The van der Waals surface area contributed by atoms with Crippen LogP contribution in [0.4, 0.5) is 15.9 Å². The van der Waals surface area contributed by atoms with E-state index in [9.17, 15) is 4.39 Å². The molecule has 2 aromatic heterocycles. The first kappa shape index (κ1) is 15.0. The van der Waals surface area contributed by atoms with E-state index in [4.69, 9.17) is 0 Å². The fourth-order valence-corrected chi connectivity index (χ4v) is 3.40.